The summed E-state index contributed by atoms with van der Waals surface area (Å²) < 4.78 is 8.17. The normalized spacial score (nSPS) is 18.0. The Bertz CT molecular complexity index is 924. The number of imidazole rings is 1. The van der Waals surface area contributed by atoms with Crippen molar-refractivity contribution in [3.63, 3.8) is 0 Å². The number of fused-ring (bicyclic) bond motifs is 1. The summed E-state index contributed by atoms with van der Waals surface area (Å²) in [6, 6.07) is 1.56. The van der Waals surface area contributed by atoms with Crippen LogP contribution in [-0.4, -0.2) is 43.0 Å². The third-order valence-corrected chi connectivity index (χ3v) is 4.34. The van der Waals surface area contributed by atoms with Crippen molar-refractivity contribution < 1.29 is 9.21 Å². The molecule has 1 fully saturated rings. The van der Waals surface area contributed by atoms with Crippen LogP contribution in [-0.2, 0) is 7.05 Å². The van der Waals surface area contributed by atoms with E-state index in [9.17, 15) is 9.59 Å². The molecule has 8 nitrogen and oxygen atoms in total. The van der Waals surface area contributed by atoms with Gasteiger partial charge in [-0.05, 0) is 12.5 Å². The summed E-state index contributed by atoms with van der Waals surface area (Å²) in [6.45, 7) is 1.08. The summed E-state index contributed by atoms with van der Waals surface area (Å²) in [5.41, 5.74) is 1.69. The number of hydrogen-bond acceptors (Lipinski definition) is 5. The van der Waals surface area contributed by atoms with E-state index in [0.717, 1.165) is 0 Å². The first kappa shape index (κ1) is 13.7. The molecule has 0 spiro atoms. The zero-order valence-electron chi connectivity index (χ0n) is 12.5. The van der Waals surface area contributed by atoms with Crippen LogP contribution in [0.3, 0.4) is 0 Å². The van der Waals surface area contributed by atoms with E-state index in [0.29, 0.717) is 36.2 Å². The second-order valence-corrected chi connectivity index (χ2v) is 5.65. The SMILES string of the molecule is Cn1c(=O)n([C@@H]2CCN(C(=O)c3ccoc3)C2)c2ncncc21. The van der Waals surface area contributed by atoms with Crippen molar-refractivity contribution in [3.8, 4) is 0 Å². The number of nitrogens with zero attached hydrogens (tertiary/aromatic N) is 5. The topological polar surface area (TPSA) is 86.2 Å². The molecule has 0 bridgehead atoms. The quantitative estimate of drug-likeness (QED) is 0.699. The predicted octanol–water partition coefficient (Wildman–Crippen LogP) is 0.810. The third-order valence-electron chi connectivity index (χ3n) is 4.34. The molecule has 3 aromatic heterocycles. The molecule has 4 rings (SSSR count). The number of hydrogen-bond donors (Lipinski definition) is 0. The maximum atomic E-state index is 12.5. The Balaban J connectivity index is 1.67. The maximum Gasteiger partial charge on any atom is 0.330 e. The van der Waals surface area contributed by atoms with Gasteiger partial charge in [-0.3, -0.25) is 13.9 Å². The minimum atomic E-state index is -0.136. The van der Waals surface area contributed by atoms with Gasteiger partial charge in [-0.2, -0.15) is 0 Å². The van der Waals surface area contributed by atoms with Crippen LogP contribution in [0.15, 0.2) is 40.3 Å². The lowest BCUT2D eigenvalue weighted by Crippen LogP contribution is -2.31. The van der Waals surface area contributed by atoms with Gasteiger partial charge in [0.05, 0.1) is 24.1 Å². The highest BCUT2D eigenvalue weighted by atomic mass is 16.3. The molecule has 0 radical (unpaired) electrons. The molecule has 0 aliphatic carbocycles. The van der Waals surface area contributed by atoms with Crippen molar-refractivity contribution >= 4 is 17.1 Å². The van der Waals surface area contributed by atoms with Crippen LogP contribution in [0.25, 0.3) is 11.2 Å². The molecule has 23 heavy (non-hydrogen) atoms. The summed E-state index contributed by atoms with van der Waals surface area (Å²) in [5, 5.41) is 0. The van der Waals surface area contributed by atoms with Gasteiger partial charge in [-0.25, -0.2) is 14.8 Å². The third kappa shape index (κ3) is 2.06. The number of carbonyl (C=O) groups excluding carboxylic acids is 1. The van der Waals surface area contributed by atoms with Crippen LogP contribution < -0.4 is 5.69 Å². The number of rotatable bonds is 2. The Kier molecular flexibility index (Phi) is 3.03. The van der Waals surface area contributed by atoms with Gasteiger partial charge in [-0.1, -0.05) is 0 Å². The molecule has 0 N–H and O–H groups in total. The average molecular weight is 313 g/mol. The zero-order valence-corrected chi connectivity index (χ0v) is 12.5. The highest BCUT2D eigenvalue weighted by molar-refractivity contribution is 5.94. The van der Waals surface area contributed by atoms with E-state index >= 15 is 0 Å². The van der Waals surface area contributed by atoms with E-state index in [1.807, 2.05) is 0 Å². The summed E-state index contributed by atoms with van der Waals surface area (Å²) in [6.07, 6.45) is 6.69. The second kappa shape index (κ2) is 5.08. The summed E-state index contributed by atoms with van der Waals surface area (Å²) in [4.78, 5) is 34.9. The van der Waals surface area contributed by atoms with E-state index in [2.05, 4.69) is 9.97 Å². The fourth-order valence-corrected chi connectivity index (χ4v) is 3.13. The van der Waals surface area contributed by atoms with Gasteiger partial charge in [0.15, 0.2) is 5.65 Å². The molecule has 0 aromatic carbocycles. The van der Waals surface area contributed by atoms with Gasteiger partial charge in [0.1, 0.15) is 18.1 Å². The minimum Gasteiger partial charge on any atom is -0.472 e. The largest absolute Gasteiger partial charge is 0.472 e. The Morgan fingerprint density at radius 2 is 2.30 bits per heavy atom. The monoisotopic (exact) mass is 313 g/mol. The van der Waals surface area contributed by atoms with E-state index in [1.54, 1.807) is 28.8 Å². The van der Waals surface area contributed by atoms with E-state index in [1.165, 1.54) is 23.4 Å². The Morgan fingerprint density at radius 3 is 3.09 bits per heavy atom. The van der Waals surface area contributed by atoms with Crippen molar-refractivity contribution in [1.29, 1.82) is 0 Å². The first-order valence-electron chi connectivity index (χ1n) is 7.35. The number of furan rings is 1. The molecule has 0 unspecified atom stereocenters. The number of aryl methyl sites for hydroxylation is 1. The molecule has 1 amide bonds. The molecular formula is C15H15N5O3. The van der Waals surface area contributed by atoms with Gasteiger partial charge in [0.25, 0.3) is 5.91 Å². The summed E-state index contributed by atoms with van der Waals surface area (Å²) >= 11 is 0. The first-order chi connectivity index (χ1) is 11.2. The van der Waals surface area contributed by atoms with Crippen molar-refractivity contribution in [2.24, 2.45) is 7.05 Å². The lowest BCUT2D eigenvalue weighted by Gasteiger charge is -2.16. The maximum absolute atomic E-state index is 12.5. The van der Waals surface area contributed by atoms with E-state index in [-0.39, 0.29) is 17.6 Å². The van der Waals surface area contributed by atoms with Crippen LogP contribution >= 0.6 is 0 Å². The van der Waals surface area contributed by atoms with Gasteiger partial charge in [0, 0.05) is 20.1 Å². The number of carbonyl (C=O) groups is 1. The van der Waals surface area contributed by atoms with Crippen LogP contribution in [0.5, 0.6) is 0 Å². The molecule has 3 aromatic rings. The minimum absolute atomic E-state index is 0.0795. The molecule has 8 heteroatoms. The average Bonchev–Trinajstić information content (AvgIpc) is 3.29. The predicted molar refractivity (Wildman–Crippen MR) is 81.0 cm³/mol. The molecule has 118 valence electrons. The van der Waals surface area contributed by atoms with Crippen molar-refractivity contribution in [2.75, 3.05) is 13.1 Å². The molecule has 4 heterocycles. The van der Waals surface area contributed by atoms with Crippen molar-refractivity contribution in [3.05, 3.63) is 47.2 Å². The number of amides is 1. The summed E-state index contributed by atoms with van der Waals surface area (Å²) in [5.74, 6) is -0.0795. The van der Waals surface area contributed by atoms with Gasteiger partial charge in [-0.15, -0.1) is 0 Å². The van der Waals surface area contributed by atoms with Gasteiger partial charge < -0.3 is 9.32 Å². The summed E-state index contributed by atoms with van der Waals surface area (Å²) in [7, 11) is 1.70. The fourth-order valence-electron chi connectivity index (χ4n) is 3.13. The first-order valence-corrected chi connectivity index (χ1v) is 7.35. The standard InChI is InChI=1S/C15H15N5O3/c1-18-12-6-16-9-17-13(12)20(15(18)22)11-2-4-19(7-11)14(21)10-3-5-23-8-10/h3,5-6,8-9,11H,2,4,7H2,1H3/t11-/m1/s1. The number of likely N-dealkylation sites (tertiary alicyclic amines) is 1. The molecule has 1 atom stereocenters. The smallest absolute Gasteiger partial charge is 0.330 e. The highest BCUT2D eigenvalue weighted by Gasteiger charge is 2.31. The second-order valence-electron chi connectivity index (χ2n) is 5.65. The van der Waals surface area contributed by atoms with E-state index in [4.69, 9.17) is 4.42 Å². The lowest BCUT2D eigenvalue weighted by molar-refractivity contribution is 0.0787. The molecule has 1 aliphatic heterocycles. The molecular weight excluding hydrogens is 298 g/mol. The van der Waals surface area contributed by atoms with Gasteiger partial charge in [0.2, 0.25) is 0 Å². The lowest BCUT2D eigenvalue weighted by atomic mass is 10.2. The highest BCUT2D eigenvalue weighted by Crippen LogP contribution is 2.24. The van der Waals surface area contributed by atoms with Crippen molar-refractivity contribution in [2.45, 2.75) is 12.5 Å². The Hall–Kier alpha value is -2.90. The molecule has 1 aliphatic rings. The van der Waals surface area contributed by atoms with Crippen LogP contribution in [0, 0.1) is 0 Å². The Morgan fingerprint density at radius 1 is 1.43 bits per heavy atom. The van der Waals surface area contributed by atoms with Crippen LogP contribution in [0.2, 0.25) is 0 Å². The molecule has 0 saturated carbocycles. The zero-order chi connectivity index (χ0) is 16.0. The fraction of sp³-hybridized carbons (Fsp3) is 0.333. The van der Waals surface area contributed by atoms with Crippen LogP contribution in [0.1, 0.15) is 22.8 Å². The van der Waals surface area contributed by atoms with Crippen LogP contribution in [0.4, 0.5) is 0 Å². The van der Waals surface area contributed by atoms with Crippen molar-refractivity contribution in [1.82, 2.24) is 24.0 Å². The van der Waals surface area contributed by atoms with E-state index < -0.39 is 0 Å². The Labute approximate surface area is 131 Å². The molecule has 1 saturated heterocycles. The van der Waals surface area contributed by atoms with Gasteiger partial charge >= 0.3 is 5.69 Å². The number of aromatic nitrogens is 4.